The van der Waals surface area contributed by atoms with Crippen LogP contribution < -0.4 is 4.74 Å². The third-order valence-electron chi connectivity index (χ3n) is 9.89. The fourth-order valence-corrected chi connectivity index (χ4v) is 7.80. The van der Waals surface area contributed by atoms with Gasteiger partial charge in [-0.2, -0.15) is 0 Å². The Balaban J connectivity index is 1.26. The lowest BCUT2D eigenvalue weighted by atomic mass is 9.65. The van der Waals surface area contributed by atoms with Crippen LogP contribution in [0.3, 0.4) is 0 Å². The standard InChI is InChI=1S/C44H28N4O/c1-2-11-29(12-3-1)41-46-42(30-23-21-28(22-24-30)31-25-26-45-27-31)48-43(47-41)34-15-10-14-33-32-13-4-5-16-35(32)44(40(33)34)36-17-6-8-19-38(36)49-39-20-9-7-18-37(39)44/h1-25,27H,26H2. The smallest absolute Gasteiger partial charge is 0.164 e. The molecule has 0 bridgehead atoms. The quantitative estimate of drug-likeness (QED) is 0.195. The van der Waals surface area contributed by atoms with E-state index in [2.05, 4.69) is 126 Å². The first-order chi connectivity index (χ1) is 24.3. The van der Waals surface area contributed by atoms with Crippen LogP contribution >= 0.6 is 0 Å². The van der Waals surface area contributed by atoms with Crippen LogP contribution in [0.15, 0.2) is 157 Å². The van der Waals surface area contributed by atoms with Crippen LogP contribution in [0, 0.1) is 0 Å². The lowest BCUT2D eigenvalue weighted by molar-refractivity contribution is 0.436. The van der Waals surface area contributed by atoms with E-state index in [0.717, 1.165) is 62.6 Å². The van der Waals surface area contributed by atoms with Crippen LogP contribution in [0.2, 0.25) is 0 Å². The monoisotopic (exact) mass is 628 g/mol. The lowest BCUT2D eigenvalue weighted by Gasteiger charge is -2.40. The van der Waals surface area contributed by atoms with E-state index in [1.54, 1.807) is 0 Å². The number of aliphatic imine (C=N–C) groups is 1. The zero-order valence-electron chi connectivity index (χ0n) is 26.4. The molecule has 0 atom stereocenters. The molecule has 5 nitrogen and oxygen atoms in total. The summed E-state index contributed by atoms with van der Waals surface area (Å²) in [5.74, 6) is 3.58. The Morgan fingerprint density at radius 2 is 1.00 bits per heavy atom. The summed E-state index contributed by atoms with van der Waals surface area (Å²) in [4.78, 5) is 19.9. The molecule has 6 aromatic carbocycles. The van der Waals surface area contributed by atoms with Crippen molar-refractivity contribution in [2.24, 2.45) is 4.99 Å². The normalized spacial score (nSPS) is 14.4. The van der Waals surface area contributed by atoms with Gasteiger partial charge in [0.25, 0.3) is 0 Å². The van der Waals surface area contributed by atoms with Gasteiger partial charge < -0.3 is 4.74 Å². The van der Waals surface area contributed by atoms with Gasteiger partial charge in [-0.15, -0.1) is 0 Å². The number of rotatable bonds is 4. The largest absolute Gasteiger partial charge is 0.457 e. The molecule has 0 unspecified atom stereocenters. The molecule has 0 N–H and O–H groups in total. The summed E-state index contributed by atoms with van der Waals surface area (Å²) in [7, 11) is 0. The molecular formula is C44H28N4O. The fourth-order valence-electron chi connectivity index (χ4n) is 7.80. The average Bonchev–Trinajstić information content (AvgIpc) is 3.82. The van der Waals surface area contributed by atoms with Crippen LogP contribution in [0.1, 0.15) is 27.8 Å². The first-order valence-electron chi connectivity index (χ1n) is 16.5. The number of fused-ring (bicyclic) bond motifs is 9. The van der Waals surface area contributed by atoms with E-state index in [-0.39, 0.29) is 0 Å². The maximum absolute atomic E-state index is 6.59. The van der Waals surface area contributed by atoms with Crippen molar-refractivity contribution in [1.82, 2.24) is 15.0 Å². The molecule has 1 spiro atoms. The number of nitrogens with zero attached hydrogens (tertiary/aromatic N) is 4. The average molecular weight is 629 g/mol. The second kappa shape index (κ2) is 10.8. The summed E-state index contributed by atoms with van der Waals surface area (Å²) < 4.78 is 6.59. The van der Waals surface area contributed by atoms with E-state index >= 15 is 0 Å². The Hall–Kier alpha value is -6.46. The molecule has 49 heavy (non-hydrogen) atoms. The van der Waals surface area contributed by atoms with Crippen LogP contribution in [0.25, 0.3) is 50.9 Å². The second-order valence-corrected chi connectivity index (χ2v) is 12.5. The van der Waals surface area contributed by atoms with E-state index in [0.29, 0.717) is 17.5 Å². The van der Waals surface area contributed by atoms with Crippen molar-refractivity contribution >= 4 is 11.8 Å². The Morgan fingerprint density at radius 3 is 1.69 bits per heavy atom. The van der Waals surface area contributed by atoms with Gasteiger partial charge in [0.1, 0.15) is 11.5 Å². The van der Waals surface area contributed by atoms with Crippen LogP contribution in [-0.4, -0.2) is 27.7 Å². The molecule has 1 aromatic heterocycles. The molecule has 10 rings (SSSR count). The van der Waals surface area contributed by atoms with Gasteiger partial charge in [0.15, 0.2) is 17.5 Å². The third-order valence-corrected chi connectivity index (χ3v) is 9.89. The molecule has 0 radical (unpaired) electrons. The van der Waals surface area contributed by atoms with Crippen molar-refractivity contribution < 1.29 is 4.74 Å². The Bertz CT molecular complexity index is 2450. The third kappa shape index (κ3) is 4.12. The van der Waals surface area contributed by atoms with Gasteiger partial charge >= 0.3 is 0 Å². The number of hydrogen-bond acceptors (Lipinski definition) is 5. The van der Waals surface area contributed by atoms with Gasteiger partial charge in [0, 0.05) is 34.0 Å². The zero-order chi connectivity index (χ0) is 32.4. The van der Waals surface area contributed by atoms with Gasteiger partial charge in [-0.1, -0.05) is 140 Å². The molecule has 3 aliphatic rings. The van der Waals surface area contributed by atoms with Crippen molar-refractivity contribution in [1.29, 1.82) is 0 Å². The summed E-state index contributed by atoms with van der Waals surface area (Å²) >= 11 is 0. The predicted octanol–water partition coefficient (Wildman–Crippen LogP) is 9.81. The number of hydrogen-bond donors (Lipinski definition) is 0. The molecule has 2 aliphatic heterocycles. The van der Waals surface area contributed by atoms with Gasteiger partial charge in [0.2, 0.25) is 0 Å². The van der Waals surface area contributed by atoms with Crippen molar-refractivity contribution in [3.8, 4) is 56.8 Å². The van der Waals surface area contributed by atoms with E-state index in [9.17, 15) is 0 Å². The molecule has 0 amide bonds. The lowest BCUT2D eigenvalue weighted by Crippen LogP contribution is -2.32. The van der Waals surface area contributed by atoms with Crippen molar-refractivity contribution in [2.45, 2.75) is 5.41 Å². The number of ether oxygens (including phenoxy) is 1. The minimum atomic E-state index is -0.647. The highest BCUT2D eigenvalue weighted by molar-refractivity contribution is 6.11. The van der Waals surface area contributed by atoms with Crippen molar-refractivity contribution in [3.63, 3.8) is 0 Å². The first-order valence-corrected chi connectivity index (χ1v) is 16.5. The van der Waals surface area contributed by atoms with E-state index < -0.39 is 5.41 Å². The molecule has 7 aromatic rings. The van der Waals surface area contributed by atoms with E-state index in [1.807, 2.05) is 36.5 Å². The molecule has 230 valence electrons. The summed E-state index contributed by atoms with van der Waals surface area (Å²) in [6, 6.07) is 50.7. The van der Waals surface area contributed by atoms with Gasteiger partial charge in [-0.05, 0) is 45.5 Å². The molecule has 0 saturated carbocycles. The van der Waals surface area contributed by atoms with Gasteiger partial charge in [0.05, 0.1) is 12.0 Å². The molecule has 0 saturated heterocycles. The summed E-state index contributed by atoms with van der Waals surface area (Å²) in [6.45, 7) is 0.724. The van der Waals surface area contributed by atoms with Gasteiger partial charge in [-0.25, -0.2) is 15.0 Å². The number of aromatic nitrogens is 3. The fraction of sp³-hybridized carbons (Fsp3) is 0.0455. The number of benzene rings is 6. The number of allylic oxidation sites excluding steroid dienone is 1. The zero-order valence-corrected chi connectivity index (χ0v) is 26.4. The van der Waals surface area contributed by atoms with Crippen molar-refractivity contribution in [3.05, 3.63) is 179 Å². The van der Waals surface area contributed by atoms with Crippen LogP contribution in [0.4, 0.5) is 0 Å². The first kappa shape index (κ1) is 27.6. The SMILES string of the molecule is C1=NCC=C1c1ccc(-c2nc(-c3ccccc3)nc(-c3cccc4c3C3(c5ccccc5Oc5ccccc53)c3ccccc3-4)n2)cc1. The van der Waals surface area contributed by atoms with Crippen LogP contribution in [0.5, 0.6) is 11.5 Å². The Labute approximate surface area is 284 Å². The summed E-state index contributed by atoms with van der Waals surface area (Å²) in [6.07, 6.45) is 4.07. The maximum Gasteiger partial charge on any atom is 0.164 e. The molecule has 5 heteroatoms. The minimum Gasteiger partial charge on any atom is -0.457 e. The molecule has 1 aliphatic carbocycles. The maximum atomic E-state index is 6.59. The molecule has 0 fully saturated rings. The Morgan fingerprint density at radius 1 is 0.449 bits per heavy atom. The molecule has 3 heterocycles. The highest BCUT2D eigenvalue weighted by atomic mass is 16.5. The highest BCUT2D eigenvalue weighted by Gasteiger charge is 2.52. The minimum absolute atomic E-state index is 0.624. The van der Waals surface area contributed by atoms with Crippen molar-refractivity contribution in [2.75, 3.05) is 6.54 Å². The number of para-hydroxylation sites is 2. The van der Waals surface area contributed by atoms with E-state index in [4.69, 9.17) is 19.7 Å². The topological polar surface area (TPSA) is 60.3 Å². The second-order valence-electron chi connectivity index (χ2n) is 12.5. The highest BCUT2D eigenvalue weighted by Crippen LogP contribution is 2.63. The van der Waals surface area contributed by atoms with Gasteiger partial charge in [-0.3, -0.25) is 4.99 Å². The molecular weight excluding hydrogens is 601 g/mol. The van der Waals surface area contributed by atoms with E-state index in [1.165, 1.54) is 16.7 Å². The predicted molar refractivity (Wildman–Crippen MR) is 195 cm³/mol. The Kier molecular flexibility index (Phi) is 6.09. The summed E-state index contributed by atoms with van der Waals surface area (Å²) in [5.41, 5.74) is 11.4. The summed E-state index contributed by atoms with van der Waals surface area (Å²) in [5, 5.41) is 0. The van der Waals surface area contributed by atoms with Crippen LogP contribution in [-0.2, 0) is 5.41 Å².